The van der Waals surface area contributed by atoms with E-state index in [-0.39, 0.29) is 23.9 Å². The standard InChI is InChI=1S/C32H26N4O5S/c1-41-25-13-11-24(12-14-25)36-29(37)19-28(32(36)40)42-26-15-9-23(10-16-26)34-31(39)27(18-21-6-5-17-33-20-21)35-30(38)22-7-3-2-4-8-22/h2-18,20,28H,19H2,1H3,(H,34,39)(H,35,38)/b27-18-. The first-order chi connectivity index (χ1) is 20.4. The Kier molecular flexibility index (Phi) is 8.74. The molecule has 2 heterocycles. The molecule has 1 atom stereocenters. The largest absolute Gasteiger partial charge is 0.497 e. The van der Waals surface area contributed by atoms with Gasteiger partial charge >= 0.3 is 0 Å². The molecule has 42 heavy (non-hydrogen) atoms. The lowest BCUT2D eigenvalue weighted by atomic mass is 10.2. The lowest BCUT2D eigenvalue weighted by molar-refractivity contribution is -0.121. The molecule has 1 unspecified atom stereocenters. The fourth-order valence-corrected chi connectivity index (χ4v) is 5.30. The third kappa shape index (κ3) is 6.73. The van der Waals surface area contributed by atoms with Crippen molar-refractivity contribution in [3.8, 4) is 5.75 Å². The van der Waals surface area contributed by atoms with Crippen molar-refractivity contribution in [1.29, 1.82) is 0 Å². The van der Waals surface area contributed by atoms with Crippen LogP contribution in [0.4, 0.5) is 11.4 Å². The van der Waals surface area contributed by atoms with Gasteiger partial charge < -0.3 is 15.4 Å². The third-order valence-electron chi connectivity index (χ3n) is 6.35. The number of ether oxygens (including phenoxy) is 1. The number of pyridine rings is 1. The Morgan fingerprint density at radius 1 is 0.952 bits per heavy atom. The molecule has 3 aromatic carbocycles. The maximum Gasteiger partial charge on any atom is 0.272 e. The van der Waals surface area contributed by atoms with Crippen LogP contribution in [0.5, 0.6) is 5.75 Å². The van der Waals surface area contributed by atoms with Gasteiger partial charge in [0, 0.05) is 35.0 Å². The number of aromatic nitrogens is 1. The molecule has 1 saturated heterocycles. The number of amides is 4. The van der Waals surface area contributed by atoms with E-state index in [1.807, 2.05) is 0 Å². The highest BCUT2D eigenvalue weighted by molar-refractivity contribution is 8.00. The van der Waals surface area contributed by atoms with Gasteiger partial charge in [0.2, 0.25) is 11.8 Å². The minimum absolute atomic E-state index is 0.0454. The van der Waals surface area contributed by atoms with Crippen LogP contribution in [0.3, 0.4) is 0 Å². The SMILES string of the molecule is COc1ccc(N2C(=O)CC(Sc3ccc(NC(=O)/C(=C/c4cccnc4)NC(=O)c4ccccc4)cc3)C2=O)cc1. The smallest absolute Gasteiger partial charge is 0.272 e. The van der Waals surface area contributed by atoms with Crippen molar-refractivity contribution >= 4 is 52.8 Å². The Hall–Kier alpha value is -5.22. The van der Waals surface area contributed by atoms with Gasteiger partial charge in [0.15, 0.2) is 0 Å². The van der Waals surface area contributed by atoms with Gasteiger partial charge in [0.05, 0.1) is 18.0 Å². The number of nitrogens with one attached hydrogen (secondary N) is 2. The number of benzene rings is 3. The number of thioether (sulfide) groups is 1. The Labute approximate surface area is 246 Å². The molecule has 0 spiro atoms. The summed E-state index contributed by atoms with van der Waals surface area (Å²) in [6.07, 6.45) is 4.83. The molecule has 10 heteroatoms. The topological polar surface area (TPSA) is 118 Å². The molecule has 210 valence electrons. The summed E-state index contributed by atoms with van der Waals surface area (Å²) in [5, 5.41) is 4.93. The molecule has 4 amide bonds. The van der Waals surface area contributed by atoms with E-state index in [0.29, 0.717) is 28.3 Å². The quantitative estimate of drug-likeness (QED) is 0.214. The minimum atomic E-state index is -0.567. The van der Waals surface area contributed by atoms with Crippen LogP contribution in [-0.2, 0) is 14.4 Å². The number of anilines is 2. The number of nitrogens with zero attached hydrogens (tertiary/aromatic N) is 2. The molecule has 0 aliphatic carbocycles. The van der Waals surface area contributed by atoms with Crippen LogP contribution in [0.15, 0.2) is 114 Å². The first-order valence-corrected chi connectivity index (χ1v) is 13.9. The Morgan fingerprint density at radius 3 is 2.36 bits per heavy atom. The minimum Gasteiger partial charge on any atom is -0.497 e. The average Bonchev–Trinajstić information content (AvgIpc) is 3.30. The summed E-state index contributed by atoms with van der Waals surface area (Å²) in [6, 6.07) is 25.8. The summed E-state index contributed by atoms with van der Waals surface area (Å²) in [7, 11) is 1.55. The van der Waals surface area contributed by atoms with E-state index in [0.717, 1.165) is 4.90 Å². The van der Waals surface area contributed by atoms with Crippen molar-refractivity contribution in [2.45, 2.75) is 16.6 Å². The average molecular weight is 579 g/mol. The predicted octanol–water partition coefficient (Wildman–Crippen LogP) is 4.92. The van der Waals surface area contributed by atoms with Crippen LogP contribution in [0, 0.1) is 0 Å². The van der Waals surface area contributed by atoms with Crippen molar-refractivity contribution in [1.82, 2.24) is 10.3 Å². The highest BCUT2D eigenvalue weighted by atomic mass is 32.2. The van der Waals surface area contributed by atoms with E-state index in [2.05, 4.69) is 15.6 Å². The van der Waals surface area contributed by atoms with E-state index in [1.165, 1.54) is 16.7 Å². The van der Waals surface area contributed by atoms with Gasteiger partial charge in [-0.05, 0) is 78.4 Å². The molecular formula is C32H26N4O5S. The lowest BCUT2D eigenvalue weighted by Crippen LogP contribution is -2.31. The number of hydrogen-bond donors (Lipinski definition) is 2. The number of rotatable bonds is 9. The molecule has 5 rings (SSSR count). The summed E-state index contributed by atoms with van der Waals surface area (Å²) in [4.78, 5) is 57.7. The first kappa shape index (κ1) is 28.3. The molecule has 2 N–H and O–H groups in total. The fourth-order valence-electron chi connectivity index (χ4n) is 4.25. The van der Waals surface area contributed by atoms with Crippen LogP contribution in [0.25, 0.3) is 6.08 Å². The molecule has 0 radical (unpaired) electrons. The van der Waals surface area contributed by atoms with E-state index in [1.54, 1.807) is 117 Å². The molecule has 0 bridgehead atoms. The summed E-state index contributed by atoms with van der Waals surface area (Å²) >= 11 is 1.29. The zero-order valence-corrected chi connectivity index (χ0v) is 23.3. The highest BCUT2D eigenvalue weighted by Crippen LogP contribution is 2.35. The maximum atomic E-state index is 13.2. The predicted molar refractivity (Wildman–Crippen MR) is 161 cm³/mol. The molecule has 4 aromatic rings. The van der Waals surface area contributed by atoms with Gasteiger partial charge in [-0.25, -0.2) is 4.90 Å². The van der Waals surface area contributed by atoms with Crippen LogP contribution >= 0.6 is 11.8 Å². The highest BCUT2D eigenvalue weighted by Gasteiger charge is 2.40. The van der Waals surface area contributed by atoms with Gasteiger partial charge in [-0.15, -0.1) is 11.8 Å². The molecule has 1 aliphatic heterocycles. The van der Waals surface area contributed by atoms with Crippen LogP contribution < -0.4 is 20.3 Å². The second-order valence-corrected chi connectivity index (χ2v) is 10.5. The second-order valence-electron chi connectivity index (χ2n) is 9.22. The van der Waals surface area contributed by atoms with Crippen LogP contribution in [0.1, 0.15) is 22.3 Å². The van der Waals surface area contributed by atoms with Gasteiger partial charge in [-0.2, -0.15) is 0 Å². The second kappa shape index (κ2) is 13.0. The van der Waals surface area contributed by atoms with Gasteiger partial charge in [0.1, 0.15) is 11.4 Å². The normalized spacial score (nSPS) is 14.9. The number of imide groups is 1. The van der Waals surface area contributed by atoms with E-state index in [4.69, 9.17) is 4.74 Å². The van der Waals surface area contributed by atoms with Crippen molar-refractivity contribution in [2.75, 3.05) is 17.3 Å². The monoisotopic (exact) mass is 578 g/mol. The first-order valence-electron chi connectivity index (χ1n) is 13.0. The Morgan fingerprint density at radius 2 is 1.69 bits per heavy atom. The van der Waals surface area contributed by atoms with Crippen molar-refractivity contribution in [2.24, 2.45) is 0 Å². The molecule has 0 saturated carbocycles. The molecule has 1 aromatic heterocycles. The number of methoxy groups -OCH3 is 1. The van der Waals surface area contributed by atoms with Gasteiger partial charge in [0.25, 0.3) is 11.8 Å². The summed E-state index contributed by atoms with van der Waals surface area (Å²) in [6.45, 7) is 0. The molecular weight excluding hydrogens is 552 g/mol. The Balaban J connectivity index is 1.26. The summed E-state index contributed by atoms with van der Waals surface area (Å²) < 4.78 is 5.15. The zero-order chi connectivity index (χ0) is 29.5. The van der Waals surface area contributed by atoms with Crippen LogP contribution in [0.2, 0.25) is 0 Å². The molecule has 1 fully saturated rings. The third-order valence-corrected chi connectivity index (χ3v) is 7.55. The number of carbonyl (C=O) groups is 4. The maximum absolute atomic E-state index is 13.2. The number of hydrogen-bond acceptors (Lipinski definition) is 7. The van der Waals surface area contributed by atoms with Crippen molar-refractivity contribution < 1.29 is 23.9 Å². The summed E-state index contributed by atoms with van der Waals surface area (Å²) in [5.41, 5.74) is 2.09. The fraction of sp³-hybridized carbons (Fsp3) is 0.0938. The van der Waals surface area contributed by atoms with Crippen molar-refractivity contribution in [3.05, 3.63) is 120 Å². The molecule has 9 nitrogen and oxygen atoms in total. The van der Waals surface area contributed by atoms with E-state index in [9.17, 15) is 19.2 Å². The lowest BCUT2D eigenvalue weighted by Gasteiger charge is -2.15. The van der Waals surface area contributed by atoms with E-state index < -0.39 is 17.1 Å². The van der Waals surface area contributed by atoms with Crippen molar-refractivity contribution in [3.63, 3.8) is 0 Å². The Bertz CT molecular complexity index is 1630. The summed E-state index contributed by atoms with van der Waals surface area (Å²) in [5.74, 6) is -0.861. The zero-order valence-electron chi connectivity index (χ0n) is 22.5. The van der Waals surface area contributed by atoms with Gasteiger partial charge in [-0.1, -0.05) is 24.3 Å². The van der Waals surface area contributed by atoms with Gasteiger partial charge in [-0.3, -0.25) is 24.2 Å². The van der Waals surface area contributed by atoms with E-state index >= 15 is 0 Å². The number of carbonyl (C=O) groups excluding carboxylic acids is 4. The molecule has 1 aliphatic rings. The van der Waals surface area contributed by atoms with Crippen LogP contribution in [-0.4, -0.2) is 41.0 Å².